The van der Waals surface area contributed by atoms with Crippen LogP contribution < -0.4 is 11.5 Å². The lowest BCUT2D eigenvalue weighted by molar-refractivity contribution is -0.115. The highest BCUT2D eigenvalue weighted by Gasteiger charge is 1.91. The summed E-state index contributed by atoms with van der Waals surface area (Å²) >= 11 is 0. The first-order valence-corrected chi connectivity index (χ1v) is 11.3. The van der Waals surface area contributed by atoms with Crippen LogP contribution in [0.3, 0.4) is 0 Å². The Morgan fingerprint density at radius 2 is 1.34 bits per heavy atom. The van der Waals surface area contributed by atoms with Gasteiger partial charge < -0.3 is 16.6 Å². The molecule has 1 amide bonds. The van der Waals surface area contributed by atoms with E-state index in [1.165, 1.54) is 23.6 Å². The smallest absolute Gasteiger partial charge is 0.214 e. The van der Waals surface area contributed by atoms with E-state index in [0.717, 1.165) is 16.7 Å². The van der Waals surface area contributed by atoms with Gasteiger partial charge in [-0.15, -0.1) is 0 Å². The molecule has 192 valence electrons. The van der Waals surface area contributed by atoms with Gasteiger partial charge in [-0.2, -0.15) is 0 Å². The number of carbonyl (C=O) groups is 1. The fourth-order valence-corrected chi connectivity index (χ4v) is 2.01. The molecule has 0 unspecified atom stereocenters. The predicted octanol–water partition coefficient (Wildman–Crippen LogP) is 8.14. The number of carbonyl (C=O) groups excluding carboxylic acids is 1. The highest BCUT2D eigenvalue weighted by atomic mass is 16.3. The standard InChI is InChI=1S/C14H20.C9H14.C6H7NO.C2H5NO/c1-6-8-10-13(4)14(5)11-12(3)9-7-2;1-7(2)6-9(5)8(3)4;7-5-1-3-6(8)4-2-5;1-2(3)4/h6-11H,5H2,1-4H3;6H,1,3H2,2,4-5H3;1-4,8H,7H2;1H3,(H2,3,4)/b8-6-,9-7-,12-11-,13-10+;9-6-;;. The molecular weight excluding hydrogens is 432 g/mol. The van der Waals surface area contributed by atoms with Gasteiger partial charge in [0.25, 0.3) is 0 Å². The number of aromatic hydroxyl groups is 1. The van der Waals surface area contributed by atoms with Crippen LogP contribution in [0.15, 0.2) is 120 Å². The molecule has 4 nitrogen and oxygen atoms in total. The fraction of sp³-hybridized carbons (Fsp3) is 0.258. The first kappa shape index (κ1) is 35.8. The van der Waals surface area contributed by atoms with Crippen molar-refractivity contribution < 1.29 is 9.90 Å². The van der Waals surface area contributed by atoms with Gasteiger partial charge in [0.1, 0.15) is 5.75 Å². The topological polar surface area (TPSA) is 89.3 Å². The van der Waals surface area contributed by atoms with Crippen LogP contribution in [0.5, 0.6) is 5.75 Å². The molecule has 0 aliphatic carbocycles. The Kier molecular flexibility index (Phi) is 22.5. The number of allylic oxidation sites excluding steroid dienone is 13. The summed E-state index contributed by atoms with van der Waals surface area (Å²) in [4.78, 5) is 9.22. The third-order valence-electron chi connectivity index (χ3n) is 3.91. The van der Waals surface area contributed by atoms with E-state index in [1.807, 2.05) is 58.9 Å². The molecule has 0 saturated heterocycles. The van der Waals surface area contributed by atoms with Gasteiger partial charge in [0.2, 0.25) is 5.91 Å². The highest BCUT2D eigenvalue weighted by molar-refractivity contribution is 5.70. The largest absolute Gasteiger partial charge is 0.508 e. The van der Waals surface area contributed by atoms with E-state index in [-0.39, 0.29) is 11.7 Å². The van der Waals surface area contributed by atoms with Crippen molar-refractivity contribution in [3.05, 3.63) is 120 Å². The van der Waals surface area contributed by atoms with Crippen LogP contribution in [0.25, 0.3) is 0 Å². The molecule has 1 aromatic rings. The lowest BCUT2D eigenvalue weighted by atomic mass is 10.1. The van der Waals surface area contributed by atoms with Crippen molar-refractivity contribution in [1.29, 1.82) is 0 Å². The maximum atomic E-state index is 9.22. The molecular formula is C31H46N2O2. The van der Waals surface area contributed by atoms with E-state index in [0.29, 0.717) is 5.69 Å². The Morgan fingerprint density at radius 1 is 0.857 bits per heavy atom. The van der Waals surface area contributed by atoms with Crippen LogP contribution in [0.4, 0.5) is 5.69 Å². The van der Waals surface area contributed by atoms with Crippen molar-refractivity contribution in [2.45, 2.75) is 55.4 Å². The number of hydrogen-bond donors (Lipinski definition) is 3. The summed E-state index contributed by atoms with van der Waals surface area (Å²) in [6, 6.07) is 6.40. The van der Waals surface area contributed by atoms with E-state index in [1.54, 1.807) is 24.3 Å². The van der Waals surface area contributed by atoms with Crippen LogP contribution in [0, 0.1) is 0 Å². The Labute approximate surface area is 214 Å². The van der Waals surface area contributed by atoms with E-state index in [9.17, 15) is 4.79 Å². The zero-order valence-corrected chi connectivity index (χ0v) is 23.0. The van der Waals surface area contributed by atoms with E-state index >= 15 is 0 Å². The molecule has 35 heavy (non-hydrogen) atoms. The minimum Gasteiger partial charge on any atom is -0.508 e. The van der Waals surface area contributed by atoms with Crippen LogP contribution in [-0.4, -0.2) is 11.0 Å². The number of anilines is 1. The molecule has 0 bridgehead atoms. The second kappa shape index (κ2) is 22.0. The summed E-state index contributed by atoms with van der Waals surface area (Å²) in [5, 5.41) is 8.70. The molecule has 0 atom stereocenters. The summed E-state index contributed by atoms with van der Waals surface area (Å²) in [7, 11) is 0. The molecule has 1 rings (SSSR count). The number of primary amides is 1. The van der Waals surface area contributed by atoms with Crippen LogP contribution in [0.1, 0.15) is 55.4 Å². The summed E-state index contributed by atoms with van der Waals surface area (Å²) in [6.45, 7) is 27.1. The van der Waals surface area contributed by atoms with Crippen LogP contribution in [0.2, 0.25) is 0 Å². The molecule has 5 N–H and O–H groups in total. The molecule has 0 aliphatic heterocycles. The van der Waals surface area contributed by atoms with Gasteiger partial charge in [0.15, 0.2) is 0 Å². The molecule has 0 aliphatic rings. The number of nitrogen functional groups attached to an aromatic ring is 1. The van der Waals surface area contributed by atoms with Crippen molar-refractivity contribution in [2.75, 3.05) is 5.73 Å². The summed E-state index contributed by atoms with van der Waals surface area (Å²) in [5.41, 5.74) is 17.4. The minimum absolute atomic E-state index is 0.249. The monoisotopic (exact) mass is 478 g/mol. The maximum Gasteiger partial charge on any atom is 0.214 e. The van der Waals surface area contributed by atoms with E-state index < -0.39 is 0 Å². The molecule has 1 aromatic carbocycles. The maximum absolute atomic E-state index is 9.22. The third-order valence-corrected chi connectivity index (χ3v) is 3.91. The van der Waals surface area contributed by atoms with Crippen molar-refractivity contribution in [1.82, 2.24) is 0 Å². The highest BCUT2D eigenvalue weighted by Crippen LogP contribution is 2.12. The molecule has 0 fully saturated rings. The molecule has 0 aromatic heterocycles. The fourth-order valence-electron chi connectivity index (χ4n) is 2.01. The third kappa shape index (κ3) is 28.2. The molecule has 0 spiro atoms. The lowest BCUT2D eigenvalue weighted by Crippen LogP contribution is -2.01. The molecule has 0 saturated carbocycles. The van der Waals surface area contributed by atoms with Crippen molar-refractivity contribution in [3.63, 3.8) is 0 Å². The van der Waals surface area contributed by atoms with Crippen LogP contribution >= 0.6 is 0 Å². The number of hydrogen-bond acceptors (Lipinski definition) is 3. The summed E-state index contributed by atoms with van der Waals surface area (Å²) < 4.78 is 0. The Morgan fingerprint density at radius 3 is 1.66 bits per heavy atom. The normalized spacial score (nSPS) is 11.4. The quantitative estimate of drug-likeness (QED) is 0.219. The molecule has 0 heterocycles. The zero-order valence-electron chi connectivity index (χ0n) is 23.0. The van der Waals surface area contributed by atoms with Crippen molar-refractivity contribution in [3.8, 4) is 5.75 Å². The first-order chi connectivity index (χ1) is 16.2. The number of phenolic OH excluding ortho intramolecular Hbond substituents is 1. The lowest BCUT2D eigenvalue weighted by Gasteiger charge is -2.00. The number of benzene rings is 1. The number of phenols is 1. The average molecular weight is 479 g/mol. The van der Waals surface area contributed by atoms with Gasteiger partial charge in [-0.05, 0) is 89.5 Å². The minimum atomic E-state index is -0.333. The van der Waals surface area contributed by atoms with Crippen molar-refractivity contribution >= 4 is 11.6 Å². The van der Waals surface area contributed by atoms with Gasteiger partial charge in [-0.3, -0.25) is 4.79 Å². The Balaban J connectivity index is -0.000000422. The second-order valence-corrected chi connectivity index (χ2v) is 7.95. The van der Waals surface area contributed by atoms with Crippen molar-refractivity contribution in [2.24, 2.45) is 5.73 Å². The number of rotatable bonds is 6. The number of amides is 1. The van der Waals surface area contributed by atoms with Gasteiger partial charge in [0.05, 0.1) is 0 Å². The number of nitrogens with two attached hydrogens (primary N) is 2. The van der Waals surface area contributed by atoms with E-state index in [2.05, 4.69) is 57.5 Å². The molecule has 0 radical (unpaired) electrons. The molecule has 4 heteroatoms. The summed E-state index contributed by atoms with van der Waals surface area (Å²) in [5.74, 6) is -0.0841. The zero-order chi connectivity index (χ0) is 28.0. The first-order valence-electron chi connectivity index (χ1n) is 11.3. The second-order valence-electron chi connectivity index (χ2n) is 7.95. The van der Waals surface area contributed by atoms with Gasteiger partial charge in [-0.1, -0.05) is 79.0 Å². The predicted molar refractivity (Wildman–Crippen MR) is 157 cm³/mol. The SMILES string of the molecule is C=C(/C=C(C)\C=C/C)/C(C)=C/C=C\C.C=C(C)/C=C(/C)C(=C)C.CC(N)=O.Nc1ccc(O)cc1. The average Bonchev–Trinajstić information content (AvgIpc) is 2.74. The Bertz CT molecular complexity index is 929. The Hall–Kier alpha value is -3.79. The van der Waals surface area contributed by atoms with Gasteiger partial charge >= 0.3 is 0 Å². The van der Waals surface area contributed by atoms with Gasteiger partial charge in [0, 0.05) is 12.6 Å². The van der Waals surface area contributed by atoms with Gasteiger partial charge in [-0.25, -0.2) is 0 Å². The van der Waals surface area contributed by atoms with Crippen LogP contribution in [-0.2, 0) is 4.79 Å². The summed E-state index contributed by atoms with van der Waals surface area (Å²) in [6.07, 6.45) is 14.3. The van der Waals surface area contributed by atoms with E-state index in [4.69, 9.17) is 10.8 Å².